The van der Waals surface area contributed by atoms with Crippen LogP contribution in [-0.4, -0.2) is 4.57 Å². The minimum absolute atomic E-state index is 0.884. The monoisotopic (exact) mass is 419 g/mol. The Morgan fingerprint density at radius 2 is 1.13 bits per heavy atom. The first kappa shape index (κ1) is 27.2. The van der Waals surface area contributed by atoms with Crippen LogP contribution in [0.3, 0.4) is 0 Å². The Morgan fingerprint density at radius 1 is 0.633 bits per heavy atom. The normalized spacial score (nSPS) is 11.6. The first-order valence-corrected chi connectivity index (χ1v) is 13.8. The van der Waals surface area contributed by atoms with Crippen LogP contribution in [0.15, 0.2) is 18.7 Å². The summed E-state index contributed by atoms with van der Waals surface area (Å²) in [6.45, 7) is 9.36. The van der Waals surface area contributed by atoms with E-state index in [9.17, 15) is 0 Å². The minimum atomic E-state index is 0.884. The molecule has 0 bridgehead atoms. The number of hydrogen-bond acceptors (Lipinski definition) is 0. The van der Waals surface area contributed by atoms with Gasteiger partial charge in [-0.15, -0.1) is 0 Å². The summed E-state index contributed by atoms with van der Waals surface area (Å²) in [5.74, 6) is 0.884. The van der Waals surface area contributed by atoms with Gasteiger partial charge in [0.05, 0.1) is 13.1 Å². The molecule has 176 valence electrons. The molecular formula is C28H55N2+. The van der Waals surface area contributed by atoms with Gasteiger partial charge in [0.15, 0.2) is 0 Å². The highest BCUT2D eigenvalue weighted by Crippen LogP contribution is 2.13. The van der Waals surface area contributed by atoms with Crippen molar-refractivity contribution in [1.82, 2.24) is 4.57 Å². The number of nitrogens with zero attached hydrogens (tertiary/aromatic N) is 2. The van der Waals surface area contributed by atoms with Gasteiger partial charge in [0.25, 0.3) is 0 Å². The molecule has 0 aromatic carbocycles. The molecule has 30 heavy (non-hydrogen) atoms. The highest BCUT2D eigenvalue weighted by Gasteiger charge is 2.03. The molecule has 2 nitrogen and oxygen atoms in total. The van der Waals surface area contributed by atoms with Gasteiger partial charge in [0.2, 0.25) is 6.33 Å². The molecule has 0 aliphatic carbocycles. The van der Waals surface area contributed by atoms with Gasteiger partial charge in [0.1, 0.15) is 12.4 Å². The average molecular weight is 420 g/mol. The maximum absolute atomic E-state index is 2.39. The van der Waals surface area contributed by atoms with E-state index in [0.29, 0.717) is 0 Å². The first-order chi connectivity index (χ1) is 14.7. The van der Waals surface area contributed by atoms with Crippen LogP contribution >= 0.6 is 0 Å². The van der Waals surface area contributed by atoms with Crippen LogP contribution in [-0.2, 0) is 13.1 Å². The maximum atomic E-state index is 2.39. The quantitative estimate of drug-likeness (QED) is 0.131. The highest BCUT2D eigenvalue weighted by atomic mass is 15.1. The molecule has 0 atom stereocenters. The Bertz CT molecular complexity index is 463. The van der Waals surface area contributed by atoms with Gasteiger partial charge >= 0.3 is 0 Å². The van der Waals surface area contributed by atoms with Gasteiger partial charge in [-0.05, 0) is 31.6 Å². The second kappa shape index (κ2) is 20.1. The lowest BCUT2D eigenvalue weighted by Gasteiger charge is -2.04. The van der Waals surface area contributed by atoms with Crippen LogP contribution in [0.5, 0.6) is 0 Å². The molecule has 0 saturated carbocycles. The van der Waals surface area contributed by atoms with E-state index in [1.54, 1.807) is 0 Å². The third-order valence-electron chi connectivity index (χ3n) is 6.46. The summed E-state index contributed by atoms with van der Waals surface area (Å²) in [5.41, 5.74) is 0. The molecule has 0 fully saturated rings. The van der Waals surface area contributed by atoms with Gasteiger partial charge < -0.3 is 0 Å². The van der Waals surface area contributed by atoms with Gasteiger partial charge in [-0.1, -0.05) is 117 Å². The number of imidazole rings is 1. The molecule has 1 rings (SSSR count). The highest BCUT2D eigenvalue weighted by molar-refractivity contribution is 4.66. The zero-order valence-electron chi connectivity index (χ0n) is 21.1. The zero-order valence-corrected chi connectivity index (χ0v) is 21.1. The van der Waals surface area contributed by atoms with Crippen molar-refractivity contribution in [3.05, 3.63) is 18.7 Å². The van der Waals surface area contributed by atoms with E-state index >= 15 is 0 Å². The van der Waals surface area contributed by atoms with Gasteiger partial charge in [-0.25, -0.2) is 9.13 Å². The molecule has 1 aromatic rings. The fourth-order valence-electron chi connectivity index (χ4n) is 4.39. The lowest BCUT2D eigenvalue weighted by molar-refractivity contribution is -0.696. The van der Waals surface area contributed by atoms with E-state index in [1.165, 1.54) is 135 Å². The van der Waals surface area contributed by atoms with Crippen molar-refractivity contribution in [2.24, 2.45) is 5.92 Å². The Kier molecular flexibility index (Phi) is 18.3. The summed E-state index contributed by atoms with van der Waals surface area (Å²) in [6, 6.07) is 0. The fraction of sp³-hybridized carbons (Fsp3) is 0.893. The number of aryl methyl sites for hydroxylation is 2. The second-order valence-electron chi connectivity index (χ2n) is 10.1. The fourth-order valence-corrected chi connectivity index (χ4v) is 4.39. The molecule has 0 unspecified atom stereocenters. The molecule has 1 heterocycles. The predicted octanol–water partition coefficient (Wildman–Crippen LogP) is 8.86. The Morgan fingerprint density at radius 3 is 1.70 bits per heavy atom. The molecule has 1 aromatic heterocycles. The van der Waals surface area contributed by atoms with Crippen LogP contribution in [0.4, 0.5) is 0 Å². The lowest BCUT2D eigenvalue weighted by atomic mass is 10.0. The van der Waals surface area contributed by atoms with Crippen molar-refractivity contribution in [3.63, 3.8) is 0 Å². The summed E-state index contributed by atoms with van der Waals surface area (Å²) in [5, 5.41) is 0. The number of hydrogen-bond donors (Lipinski definition) is 0. The van der Waals surface area contributed by atoms with Gasteiger partial charge in [0, 0.05) is 0 Å². The third-order valence-corrected chi connectivity index (χ3v) is 6.46. The van der Waals surface area contributed by atoms with Crippen LogP contribution in [0.1, 0.15) is 143 Å². The zero-order chi connectivity index (χ0) is 21.7. The molecule has 0 amide bonds. The Labute approximate surface area is 189 Å². The van der Waals surface area contributed by atoms with E-state index in [1.807, 2.05) is 0 Å². The van der Waals surface area contributed by atoms with Crippen molar-refractivity contribution in [2.75, 3.05) is 0 Å². The number of aromatic nitrogens is 2. The molecule has 0 spiro atoms. The van der Waals surface area contributed by atoms with E-state index in [0.717, 1.165) is 5.92 Å². The predicted molar refractivity (Wildman–Crippen MR) is 133 cm³/mol. The van der Waals surface area contributed by atoms with Crippen molar-refractivity contribution >= 4 is 0 Å². The molecule has 0 aliphatic rings. The summed E-state index contributed by atoms with van der Waals surface area (Å²) in [7, 11) is 0. The Hall–Kier alpha value is -0.790. The molecule has 0 saturated heterocycles. The van der Waals surface area contributed by atoms with Crippen LogP contribution in [0, 0.1) is 5.92 Å². The first-order valence-electron chi connectivity index (χ1n) is 13.8. The van der Waals surface area contributed by atoms with E-state index in [-0.39, 0.29) is 0 Å². The largest absolute Gasteiger partial charge is 0.243 e. The van der Waals surface area contributed by atoms with Crippen molar-refractivity contribution in [3.8, 4) is 0 Å². The summed E-state index contributed by atoms with van der Waals surface area (Å²) < 4.78 is 4.78. The minimum Gasteiger partial charge on any atom is -0.237 e. The van der Waals surface area contributed by atoms with Crippen molar-refractivity contribution < 1.29 is 4.57 Å². The topological polar surface area (TPSA) is 8.81 Å². The van der Waals surface area contributed by atoms with Crippen LogP contribution in [0.2, 0.25) is 0 Å². The smallest absolute Gasteiger partial charge is 0.237 e. The average Bonchev–Trinajstić information content (AvgIpc) is 3.18. The van der Waals surface area contributed by atoms with Gasteiger partial charge in [-0.2, -0.15) is 0 Å². The number of rotatable bonds is 22. The molecule has 0 N–H and O–H groups in total. The second-order valence-corrected chi connectivity index (χ2v) is 10.1. The molecule has 0 aliphatic heterocycles. The van der Waals surface area contributed by atoms with E-state index in [2.05, 4.69) is 48.6 Å². The standard InChI is InChI=1S/C28H55N2/c1-4-5-6-7-8-11-14-17-20-23-29-25-26-30(27-29)24-21-18-15-12-9-10-13-16-19-22-28(2)3/h25-28H,4-24H2,1-3H3/q+1. The van der Waals surface area contributed by atoms with Crippen molar-refractivity contribution in [1.29, 1.82) is 0 Å². The summed E-state index contributed by atoms with van der Waals surface area (Å²) in [4.78, 5) is 0. The van der Waals surface area contributed by atoms with E-state index < -0.39 is 0 Å². The SMILES string of the molecule is CCCCCCCCCCCn1cc[n+](CCCCCCCCCCCC(C)C)c1. The van der Waals surface area contributed by atoms with Crippen LogP contribution in [0.25, 0.3) is 0 Å². The molecule has 2 heteroatoms. The van der Waals surface area contributed by atoms with Gasteiger partial charge in [-0.3, -0.25) is 0 Å². The lowest BCUT2D eigenvalue weighted by Crippen LogP contribution is -2.30. The summed E-state index contributed by atoms with van der Waals surface area (Å²) >= 11 is 0. The van der Waals surface area contributed by atoms with Crippen molar-refractivity contribution in [2.45, 2.75) is 156 Å². The van der Waals surface area contributed by atoms with Crippen LogP contribution < -0.4 is 4.57 Å². The number of unbranched alkanes of at least 4 members (excludes halogenated alkanes) is 16. The maximum Gasteiger partial charge on any atom is 0.243 e. The summed E-state index contributed by atoms with van der Waals surface area (Å²) in [6.07, 6.45) is 33.8. The molecular weight excluding hydrogens is 364 g/mol. The Balaban J connectivity index is 1.87. The third kappa shape index (κ3) is 16.9. The van der Waals surface area contributed by atoms with E-state index in [4.69, 9.17) is 0 Å². The molecule has 0 radical (unpaired) electrons.